The lowest BCUT2D eigenvalue weighted by Gasteiger charge is -2.14. The first-order valence-corrected chi connectivity index (χ1v) is 5.32. The summed E-state index contributed by atoms with van der Waals surface area (Å²) in [5, 5.41) is 14.2. The Morgan fingerprint density at radius 1 is 1.33 bits per heavy atom. The number of aliphatic carboxylic acids is 1. The number of rotatable bonds is 8. The summed E-state index contributed by atoms with van der Waals surface area (Å²) in [5.74, 6) is -1.03. The molecule has 0 spiro atoms. The predicted octanol–water partition coefficient (Wildman–Crippen LogP) is 0.355. The molecule has 0 radical (unpaired) electrons. The normalized spacial score (nSPS) is 12.1. The molecule has 0 aromatic rings. The molecule has 0 bridgehead atoms. The van der Waals surface area contributed by atoms with Gasteiger partial charge >= 0.3 is 5.97 Å². The third-order valence-electron chi connectivity index (χ3n) is 1.99. The fourth-order valence-corrected chi connectivity index (χ4v) is 1.17. The van der Waals surface area contributed by atoms with Gasteiger partial charge < -0.3 is 15.7 Å². The Labute approximate surface area is 90.2 Å². The van der Waals surface area contributed by atoms with E-state index in [1.807, 2.05) is 13.8 Å². The Hall–Kier alpha value is -1.10. The number of carboxylic acid groups (broad SMARTS) is 1. The van der Waals surface area contributed by atoms with Gasteiger partial charge in [-0.2, -0.15) is 0 Å². The van der Waals surface area contributed by atoms with Gasteiger partial charge in [0.1, 0.15) is 0 Å². The summed E-state index contributed by atoms with van der Waals surface area (Å²) in [4.78, 5) is 21.7. The second-order valence-electron chi connectivity index (χ2n) is 3.45. The van der Waals surface area contributed by atoms with Crippen molar-refractivity contribution in [2.75, 3.05) is 13.1 Å². The molecule has 1 amide bonds. The summed E-state index contributed by atoms with van der Waals surface area (Å²) in [6, 6.07) is -0.265. The van der Waals surface area contributed by atoms with Gasteiger partial charge in [0.2, 0.25) is 5.91 Å². The number of hydrogen-bond acceptors (Lipinski definition) is 3. The largest absolute Gasteiger partial charge is 0.481 e. The van der Waals surface area contributed by atoms with Crippen LogP contribution in [0.2, 0.25) is 0 Å². The first-order valence-electron chi connectivity index (χ1n) is 5.32. The maximum Gasteiger partial charge on any atom is 0.305 e. The van der Waals surface area contributed by atoms with Crippen molar-refractivity contribution >= 4 is 11.9 Å². The van der Waals surface area contributed by atoms with Crippen LogP contribution in [-0.2, 0) is 9.59 Å². The highest BCUT2D eigenvalue weighted by Gasteiger charge is 2.13. The van der Waals surface area contributed by atoms with E-state index in [0.717, 1.165) is 13.0 Å². The first-order chi connectivity index (χ1) is 7.10. The van der Waals surface area contributed by atoms with Crippen molar-refractivity contribution in [3.8, 4) is 0 Å². The fraction of sp³-hybridized carbons (Fsp3) is 0.800. The van der Waals surface area contributed by atoms with Crippen molar-refractivity contribution in [1.82, 2.24) is 10.6 Å². The van der Waals surface area contributed by atoms with E-state index in [1.54, 1.807) is 0 Å². The first kappa shape index (κ1) is 13.9. The van der Waals surface area contributed by atoms with E-state index < -0.39 is 5.97 Å². The van der Waals surface area contributed by atoms with Crippen molar-refractivity contribution in [1.29, 1.82) is 0 Å². The van der Waals surface area contributed by atoms with Crippen LogP contribution in [0.5, 0.6) is 0 Å². The van der Waals surface area contributed by atoms with Crippen LogP contribution in [0.3, 0.4) is 0 Å². The highest BCUT2D eigenvalue weighted by Crippen LogP contribution is 1.96. The molecular formula is C10H20N2O3. The minimum atomic E-state index is -0.885. The van der Waals surface area contributed by atoms with Gasteiger partial charge in [0, 0.05) is 6.04 Å². The minimum absolute atomic E-state index is 0.0178. The van der Waals surface area contributed by atoms with Crippen LogP contribution in [0, 0.1) is 0 Å². The summed E-state index contributed by atoms with van der Waals surface area (Å²) in [7, 11) is 0. The van der Waals surface area contributed by atoms with Gasteiger partial charge in [-0.15, -0.1) is 0 Å². The number of carbonyl (C=O) groups is 2. The van der Waals surface area contributed by atoms with Crippen LogP contribution < -0.4 is 10.6 Å². The van der Waals surface area contributed by atoms with Gasteiger partial charge in [-0.25, -0.2) is 0 Å². The van der Waals surface area contributed by atoms with Crippen molar-refractivity contribution in [2.45, 2.75) is 39.2 Å². The monoisotopic (exact) mass is 216 g/mol. The summed E-state index contributed by atoms with van der Waals surface area (Å²) in [6.45, 7) is 4.92. The molecule has 15 heavy (non-hydrogen) atoms. The van der Waals surface area contributed by atoms with Crippen LogP contribution >= 0.6 is 0 Å². The third-order valence-corrected chi connectivity index (χ3v) is 1.99. The van der Waals surface area contributed by atoms with E-state index >= 15 is 0 Å². The molecule has 0 aliphatic heterocycles. The highest BCUT2D eigenvalue weighted by atomic mass is 16.4. The third kappa shape index (κ3) is 7.93. The number of hydrogen-bond donors (Lipinski definition) is 3. The molecule has 0 aromatic heterocycles. The number of amides is 1. The molecule has 0 fully saturated rings. The molecule has 0 saturated heterocycles. The summed E-state index contributed by atoms with van der Waals surface area (Å²) in [5.41, 5.74) is 0. The Bertz CT molecular complexity index is 207. The molecule has 5 nitrogen and oxygen atoms in total. The van der Waals surface area contributed by atoms with Gasteiger partial charge in [0.25, 0.3) is 0 Å². The molecule has 0 aromatic carbocycles. The van der Waals surface area contributed by atoms with Crippen LogP contribution in [0.15, 0.2) is 0 Å². The SMILES string of the molecule is CCCNCC(=O)NC(CC)CC(=O)O. The molecule has 0 aliphatic carbocycles. The lowest BCUT2D eigenvalue weighted by Crippen LogP contribution is -2.41. The number of carbonyl (C=O) groups excluding carboxylic acids is 1. The van der Waals surface area contributed by atoms with E-state index in [9.17, 15) is 9.59 Å². The Morgan fingerprint density at radius 2 is 2.00 bits per heavy atom. The lowest BCUT2D eigenvalue weighted by atomic mass is 10.1. The van der Waals surface area contributed by atoms with Crippen LogP contribution in [0.1, 0.15) is 33.1 Å². The van der Waals surface area contributed by atoms with Crippen molar-refractivity contribution in [3.05, 3.63) is 0 Å². The van der Waals surface area contributed by atoms with E-state index in [1.165, 1.54) is 0 Å². The molecule has 3 N–H and O–H groups in total. The standard InChI is InChI=1S/C10H20N2O3/c1-3-5-11-7-9(13)12-8(4-2)6-10(14)15/h8,11H,3-7H2,1-2H3,(H,12,13)(H,14,15). The molecule has 88 valence electrons. The van der Waals surface area contributed by atoms with Crippen molar-refractivity contribution in [2.24, 2.45) is 0 Å². The zero-order valence-corrected chi connectivity index (χ0v) is 9.38. The topological polar surface area (TPSA) is 78.4 Å². The van der Waals surface area contributed by atoms with Gasteiger partial charge in [0.05, 0.1) is 13.0 Å². The number of carboxylic acids is 1. The second kappa shape index (κ2) is 8.23. The van der Waals surface area contributed by atoms with Gasteiger partial charge in [0.15, 0.2) is 0 Å². The van der Waals surface area contributed by atoms with Crippen molar-refractivity contribution in [3.63, 3.8) is 0 Å². The van der Waals surface area contributed by atoms with Gasteiger partial charge in [-0.3, -0.25) is 9.59 Å². The summed E-state index contributed by atoms with van der Waals surface area (Å²) in [6.07, 6.45) is 1.58. The van der Waals surface area contributed by atoms with Gasteiger partial charge in [-0.05, 0) is 19.4 Å². The number of nitrogens with one attached hydrogen (secondary N) is 2. The Balaban J connectivity index is 3.75. The molecule has 5 heteroatoms. The lowest BCUT2D eigenvalue weighted by molar-refractivity contribution is -0.137. The Morgan fingerprint density at radius 3 is 2.47 bits per heavy atom. The maximum absolute atomic E-state index is 11.3. The molecule has 1 unspecified atom stereocenters. The summed E-state index contributed by atoms with van der Waals surface area (Å²) < 4.78 is 0. The fourth-order valence-electron chi connectivity index (χ4n) is 1.17. The zero-order chi connectivity index (χ0) is 11.7. The molecule has 1 atom stereocenters. The minimum Gasteiger partial charge on any atom is -0.481 e. The van der Waals surface area contributed by atoms with Crippen LogP contribution in [0.4, 0.5) is 0 Å². The Kier molecular flexibility index (Phi) is 7.62. The maximum atomic E-state index is 11.3. The second-order valence-corrected chi connectivity index (χ2v) is 3.45. The zero-order valence-electron chi connectivity index (χ0n) is 9.38. The van der Waals surface area contributed by atoms with E-state index in [0.29, 0.717) is 6.42 Å². The molecule has 0 heterocycles. The molecule has 0 saturated carbocycles. The predicted molar refractivity (Wildman–Crippen MR) is 57.6 cm³/mol. The van der Waals surface area contributed by atoms with E-state index in [2.05, 4.69) is 10.6 Å². The van der Waals surface area contributed by atoms with Crippen LogP contribution in [-0.4, -0.2) is 36.1 Å². The summed E-state index contributed by atoms with van der Waals surface area (Å²) >= 11 is 0. The van der Waals surface area contributed by atoms with Crippen molar-refractivity contribution < 1.29 is 14.7 Å². The average molecular weight is 216 g/mol. The van der Waals surface area contributed by atoms with E-state index in [-0.39, 0.29) is 24.9 Å². The molecular weight excluding hydrogens is 196 g/mol. The molecule has 0 aliphatic rings. The quantitative estimate of drug-likeness (QED) is 0.512. The highest BCUT2D eigenvalue weighted by molar-refractivity contribution is 5.79. The van der Waals surface area contributed by atoms with E-state index in [4.69, 9.17) is 5.11 Å². The molecule has 0 rings (SSSR count). The average Bonchev–Trinajstić information content (AvgIpc) is 2.16. The van der Waals surface area contributed by atoms with Crippen LogP contribution in [0.25, 0.3) is 0 Å². The van der Waals surface area contributed by atoms with Gasteiger partial charge in [-0.1, -0.05) is 13.8 Å². The smallest absolute Gasteiger partial charge is 0.305 e.